The zero-order valence-electron chi connectivity index (χ0n) is 10.3. The van der Waals surface area contributed by atoms with Gasteiger partial charge in [-0.1, -0.05) is 6.07 Å². The minimum atomic E-state index is -4.20. The number of alkyl halides is 3. The lowest BCUT2D eigenvalue weighted by molar-refractivity contribution is -0.119. The van der Waals surface area contributed by atoms with Gasteiger partial charge >= 0.3 is 6.18 Å². The molecule has 1 aromatic rings. The van der Waals surface area contributed by atoms with E-state index in [0.29, 0.717) is 23.2 Å². The van der Waals surface area contributed by atoms with Crippen molar-refractivity contribution in [1.82, 2.24) is 5.32 Å². The molecule has 6 heteroatoms. The summed E-state index contributed by atoms with van der Waals surface area (Å²) in [5.41, 5.74) is 1.59. The molecule has 0 atom stereocenters. The molecule has 1 aromatic carbocycles. The lowest BCUT2D eigenvalue weighted by Gasteiger charge is -2.25. The van der Waals surface area contributed by atoms with Crippen molar-refractivity contribution in [3.8, 4) is 0 Å². The van der Waals surface area contributed by atoms with Crippen molar-refractivity contribution >= 4 is 21.6 Å². The van der Waals surface area contributed by atoms with Crippen molar-refractivity contribution in [3.63, 3.8) is 0 Å². The molecule has 0 radical (unpaired) electrons. The highest BCUT2D eigenvalue weighted by molar-refractivity contribution is 9.10. The molecule has 0 aromatic heterocycles. The molecule has 0 aliphatic heterocycles. The van der Waals surface area contributed by atoms with Crippen molar-refractivity contribution in [2.24, 2.45) is 0 Å². The minimum absolute atomic E-state index is 0.309. The van der Waals surface area contributed by atoms with Crippen LogP contribution in [0.1, 0.15) is 12.5 Å². The smallest absolute Gasteiger partial charge is 0.362 e. The molecule has 0 fully saturated rings. The fourth-order valence-electron chi connectivity index (χ4n) is 1.70. The number of rotatable bonds is 5. The van der Waals surface area contributed by atoms with Gasteiger partial charge in [-0.15, -0.1) is 0 Å². The van der Waals surface area contributed by atoms with Crippen LogP contribution in [0.5, 0.6) is 0 Å². The third kappa shape index (κ3) is 4.49. The number of anilines is 1. The van der Waals surface area contributed by atoms with E-state index in [1.54, 1.807) is 13.0 Å². The number of hydrogen-bond donors (Lipinski definition) is 1. The van der Waals surface area contributed by atoms with E-state index in [0.717, 1.165) is 5.56 Å². The van der Waals surface area contributed by atoms with Crippen LogP contribution in [0.2, 0.25) is 0 Å². The van der Waals surface area contributed by atoms with Gasteiger partial charge in [-0.2, -0.15) is 13.2 Å². The van der Waals surface area contributed by atoms with Gasteiger partial charge in [-0.3, -0.25) is 0 Å². The first kappa shape index (κ1) is 15.3. The molecule has 1 N–H and O–H groups in total. The summed E-state index contributed by atoms with van der Waals surface area (Å²) >= 11 is 3.33. The summed E-state index contributed by atoms with van der Waals surface area (Å²) in [6.07, 6.45) is -4.20. The van der Waals surface area contributed by atoms with Gasteiger partial charge in [0.15, 0.2) is 0 Å². The first-order valence-electron chi connectivity index (χ1n) is 5.62. The van der Waals surface area contributed by atoms with Gasteiger partial charge in [0.05, 0.1) is 5.69 Å². The van der Waals surface area contributed by atoms with Crippen LogP contribution in [0.3, 0.4) is 0 Å². The molecule has 0 saturated heterocycles. The molecule has 2 nitrogen and oxygen atoms in total. The van der Waals surface area contributed by atoms with Gasteiger partial charge in [0.1, 0.15) is 6.54 Å². The maximum Gasteiger partial charge on any atom is 0.405 e. The average molecular weight is 325 g/mol. The average Bonchev–Trinajstić information content (AvgIpc) is 2.26. The topological polar surface area (TPSA) is 15.3 Å². The van der Waals surface area contributed by atoms with Crippen LogP contribution in [-0.2, 0) is 6.54 Å². The molecule has 18 heavy (non-hydrogen) atoms. The quantitative estimate of drug-likeness (QED) is 0.891. The Hall–Kier alpha value is -0.750. The Labute approximate surface area is 113 Å². The minimum Gasteiger partial charge on any atom is -0.362 e. The van der Waals surface area contributed by atoms with Gasteiger partial charge in [0.2, 0.25) is 0 Å². The summed E-state index contributed by atoms with van der Waals surface area (Å²) in [6.45, 7) is 1.76. The number of halogens is 4. The summed E-state index contributed by atoms with van der Waals surface area (Å²) in [4.78, 5) is 1.30. The van der Waals surface area contributed by atoms with Crippen molar-refractivity contribution in [1.29, 1.82) is 0 Å². The normalized spacial score (nSPS) is 11.7. The Morgan fingerprint density at radius 3 is 2.44 bits per heavy atom. The first-order valence-corrected chi connectivity index (χ1v) is 6.41. The van der Waals surface area contributed by atoms with Crippen LogP contribution in [0, 0.1) is 0 Å². The molecule has 102 valence electrons. The number of hydrogen-bond acceptors (Lipinski definition) is 2. The summed E-state index contributed by atoms with van der Waals surface area (Å²) in [5, 5.41) is 3.00. The fraction of sp³-hybridized carbons (Fsp3) is 0.500. The van der Waals surface area contributed by atoms with Gasteiger partial charge in [-0.05, 0) is 47.6 Å². The second-order valence-electron chi connectivity index (χ2n) is 3.95. The highest BCUT2D eigenvalue weighted by Crippen LogP contribution is 2.29. The predicted molar refractivity (Wildman–Crippen MR) is 70.8 cm³/mol. The second-order valence-corrected chi connectivity index (χ2v) is 4.80. The molecule has 0 bridgehead atoms. The van der Waals surface area contributed by atoms with E-state index in [1.807, 2.05) is 19.2 Å². The summed E-state index contributed by atoms with van der Waals surface area (Å²) in [7, 11) is 1.82. The van der Waals surface area contributed by atoms with E-state index in [-0.39, 0.29) is 0 Å². The highest BCUT2D eigenvalue weighted by atomic mass is 79.9. The Morgan fingerprint density at radius 1 is 1.33 bits per heavy atom. The Bertz CT molecular complexity index is 393. The van der Waals surface area contributed by atoms with Crippen molar-refractivity contribution in [3.05, 3.63) is 28.2 Å². The fourth-order valence-corrected chi connectivity index (χ4v) is 2.38. The van der Waals surface area contributed by atoms with Gasteiger partial charge < -0.3 is 10.2 Å². The molecule has 0 aliphatic rings. The molecule has 1 rings (SSSR count). The molecule has 0 saturated carbocycles. The van der Waals surface area contributed by atoms with E-state index < -0.39 is 12.7 Å². The van der Waals surface area contributed by atoms with Crippen molar-refractivity contribution in [2.45, 2.75) is 19.6 Å². The maximum absolute atomic E-state index is 12.4. The largest absolute Gasteiger partial charge is 0.405 e. The SMILES string of the molecule is CCN(CC(F)(F)F)c1ccc(CNC)cc1Br. The highest BCUT2D eigenvalue weighted by Gasteiger charge is 2.30. The third-order valence-corrected chi connectivity index (χ3v) is 3.12. The van der Waals surface area contributed by atoms with Gasteiger partial charge in [0, 0.05) is 17.6 Å². The second kappa shape index (κ2) is 6.43. The van der Waals surface area contributed by atoms with Crippen LogP contribution in [-0.4, -0.2) is 26.3 Å². The van der Waals surface area contributed by atoms with E-state index in [4.69, 9.17) is 0 Å². The van der Waals surface area contributed by atoms with Gasteiger partial charge in [0.25, 0.3) is 0 Å². The van der Waals surface area contributed by atoms with Crippen molar-refractivity contribution in [2.75, 3.05) is 25.0 Å². The molecule has 0 aliphatic carbocycles. The molecule has 0 unspecified atom stereocenters. The Balaban J connectivity index is 2.93. The number of nitrogens with one attached hydrogen (secondary N) is 1. The van der Waals surface area contributed by atoms with Crippen LogP contribution in [0.15, 0.2) is 22.7 Å². The van der Waals surface area contributed by atoms with E-state index >= 15 is 0 Å². The van der Waals surface area contributed by atoms with E-state index in [9.17, 15) is 13.2 Å². The standard InChI is InChI=1S/C12H16BrF3N2/c1-3-18(8-12(14,15)16)11-5-4-9(7-17-2)6-10(11)13/h4-6,17H,3,7-8H2,1-2H3. The van der Waals surface area contributed by atoms with Crippen LogP contribution < -0.4 is 10.2 Å². The Morgan fingerprint density at radius 2 is 2.00 bits per heavy atom. The van der Waals surface area contributed by atoms with Crippen molar-refractivity contribution < 1.29 is 13.2 Å². The molecular formula is C12H16BrF3N2. The van der Waals surface area contributed by atoms with Crippen LogP contribution in [0.4, 0.5) is 18.9 Å². The lowest BCUT2D eigenvalue weighted by atomic mass is 10.2. The predicted octanol–water partition coefficient (Wildman–Crippen LogP) is 3.56. The zero-order chi connectivity index (χ0) is 13.8. The van der Waals surface area contributed by atoms with Crippen LogP contribution in [0.25, 0.3) is 0 Å². The third-order valence-electron chi connectivity index (χ3n) is 2.49. The maximum atomic E-state index is 12.4. The van der Waals surface area contributed by atoms with Gasteiger partial charge in [-0.25, -0.2) is 0 Å². The first-order chi connectivity index (χ1) is 8.37. The summed E-state index contributed by atoms with van der Waals surface area (Å²) < 4.78 is 38.0. The monoisotopic (exact) mass is 324 g/mol. The van der Waals surface area contributed by atoms with E-state index in [1.165, 1.54) is 4.90 Å². The Kier molecular flexibility index (Phi) is 5.47. The lowest BCUT2D eigenvalue weighted by Crippen LogP contribution is -2.34. The molecule has 0 amide bonds. The molecule has 0 spiro atoms. The number of benzene rings is 1. The zero-order valence-corrected chi connectivity index (χ0v) is 11.9. The summed E-state index contributed by atoms with van der Waals surface area (Å²) in [5.74, 6) is 0. The van der Waals surface area contributed by atoms with Crippen LogP contribution >= 0.6 is 15.9 Å². The molecular weight excluding hydrogens is 309 g/mol. The van der Waals surface area contributed by atoms with E-state index in [2.05, 4.69) is 21.2 Å². The summed E-state index contributed by atoms with van der Waals surface area (Å²) in [6, 6.07) is 5.38. The molecule has 0 heterocycles. The number of nitrogens with zero attached hydrogens (tertiary/aromatic N) is 1.